The number of nitrogens with one attached hydrogen (secondary N) is 1. The molecular weight excluding hydrogens is 226 g/mol. The topological polar surface area (TPSA) is 55.6 Å². The summed E-state index contributed by atoms with van der Waals surface area (Å²) in [5.74, 6) is 1.01. The fourth-order valence-electron chi connectivity index (χ4n) is 2.03. The number of aryl methyl sites for hydroxylation is 1. The first-order valence-electron chi connectivity index (χ1n) is 6.35. The Hall–Kier alpha value is -1.75. The van der Waals surface area contributed by atoms with Crippen molar-refractivity contribution in [2.45, 2.75) is 32.9 Å². The van der Waals surface area contributed by atoms with Crippen molar-refractivity contribution in [3.8, 4) is 0 Å². The number of nitrogens with zero attached hydrogens (tertiary/aromatic N) is 4. The molecular formula is C13H19N5. The van der Waals surface area contributed by atoms with Crippen LogP contribution in [-0.2, 0) is 13.0 Å². The quantitative estimate of drug-likeness (QED) is 0.839. The van der Waals surface area contributed by atoms with Gasteiger partial charge in [-0.2, -0.15) is 5.10 Å². The van der Waals surface area contributed by atoms with Crippen molar-refractivity contribution in [1.82, 2.24) is 25.1 Å². The molecule has 0 aliphatic rings. The molecule has 0 radical (unpaired) electrons. The fraction of sp³-hybridized carbons (Fsp3) is 0.462. The normalized spacial score (nSPS) is 12.6. The summed E-state index contributed by atoms with van der Waals surface area (Å²) in [5, 5.41) is 7.67. The van der Waals surface area contributed by atoms with Gasteiger partial charge in [0, 0.05) is 31.4 Å². The fourth-order valence-corrected chi connectivity index (χ4v) is 2.03. The van der Waals surface area contributed by atoms with Crippen molar-refractivity contribution in [3.63, 3.8) is 0 Å². The van der Waals surface area contributed by atoms with E-state index in [0.717, 1.165) is 25.3 Å². The molecule has 2 heterocycles. The number of likely N-dealkylation sites (N-methyl/N-ethyl adjacent to an activating group) is 1. The van der Waals surface area contributed by atoms with Gasteiger partial charge in [-0.1, -0.05) is 13.0 Å². The van der Waals surface area contributed by atoms with Gasteiger partial charge < -0.3 is 5.32 Å². The molecule has 1 unspecified atom stereocenters. The van der Waals surface area contributed by atoms with Gasteiger partial charge in [0.15, 0.2) is 0 Å². The van der Waals surface area contributed by atoms with Crippen molar-refractivity contribution >= 4 is 0 Å². The minimum absolute atomic E-state index is 0.234. The summed E-state index contributed by atoms with van der Waals surface area (Å²) in [6.45, 7) is 5.94. The third-order valence-electron chi connectivity index (χ3n) is 2.92. The largest absolute Gasteiger partial charge is 0.310 e. The Morgan fingerprint density at radius 3 is 2.94 bits per heavy atom. The van der Waals surface area contributed by atoms with Gasteiger partial charge in [0.25, 0.3) is 0 Å². The highest BCUT2D eigenvalue weighted by Crippen LogP contribution is 2.16. The van der Waals surface area contributed by atoms with E-state index in [0.29, 0.717) is 0 Å². The molecule has 0 spiro atoms. The number of rotatable bonds is 6. The second-order valence-electron chi connectivity index (χ2n) is 4.09. The Bertz CT molecular complexity index is 465. The lowest BCUT2D eigenvalue weighted by Crippen LogP contribution is -2.24. The Labute approximate surface area is 107 Å². The number of aromatic nitrogens is 4. The van der Waals surface area contributed by atoms with Crippen LogP contribution in [0.25, 0.3) is 0 Å². The van der Waals surface area contributed by atoms with Crippen molar-refractivity contribution < 1.29 is 0 Å². The van der Waals surface area contributed by atoms with Gasteiger partial charge in [-0.05, 0) is 25.1 Å². The molecule has 5 nitrogen and oxygen atoms in total. The molecule has 0 aromatic carbocycles. The van der Waals surface area contributed by atoms with Crippen molar-refractivity contribution in [3.05, 3.63) is 42.2 Å². The summed E-state index contributed by atoms with van der Waals surface area (Å²) in [6.07, 6.45) is 6.14. The smallest absolute Gasteiger partial charge is 0.138 e. The first-order chi connectivity index (χ1) is 8.85. The second kappa shape index (κ2) is 6.26. The summed E-state index contributed by atoms with van der Waals surface area (Å²) in [6, 6.07) is 4.29. The lowest BCUT2D eigenvalue weighted by Gasteiger charge is -2.17. The van der Waals surface area contributed by atoms with E-state index in [1.165, 1.54) is 5.56 Å². The molecule has 0 amide bonds. The van der Waals surface area contributed by atoms with Crippen LogP contribution in [0.2, 0.25) is 0 Å². The Balaban J connectivity index is 2.16. The Kier molecular flexibility index (Phi) is 4.41. The molecule has 1 N–H and O–H groups in total. The minimum atomic E-state index is 0.234. The second-order valence-corrected chi connectivity index (χ2v) is 4.09. The zero-order valence-corrected chi connectivity index (χ0v) is 10.9. The van der Waals surface area contributed by atoms with Crippen LogP contribution in [0.4, 0.5) is 0 Å². The maximum absolute atomic E-state index is 4.33. The van der Waals surface area contributed by atoms with E-state index in [2.05, 4.69) is 40.3 Å². The molecule has 18 heavy (non-hydrogen) atoms. The molecule has 96 valence electrons. The monoisotopic (exact) mass is 245 g/mol. The molecule has 0 bridgehead atoms. The van der Waals surface area contributed by atoms with Crippen LogP contribution in [0.5, 0.6) is 0 Å². The summed E-state index contributed by atoms with van der Waals surface area (Å²) in [4.78, 5) is 8.50. The van der Waals surface area contributed by atoms with Crippen LogP contribution in [0, 0.1) is 0 Å². The van der Waals surface area contributed by atoms with E-state index in [1.807, 2.05) is 16.9 Å². The zero-order chi connectivity index (χ0) is 12.8. The molecule has 0 saturated heterocycles. The van der Waals surface area contributed by atoms with Crippen LogP contribution in [0.15, 0.2) is 30.9 Å². The van der Waals surface area contributed by atoms with Gasteiger partial charge >= 0.3 is 0 Å². The molecule has 0 fully saturated rings. The number of hydrogen-bond donors (Lipinski definition) is 1. The van der Waals surface area contributed by atoms with Gasteiger partial charge in [0.1, 0.15) is 12.2 Å². The highest BCUT2D eigenvalue weighted by Gasteiger charge is 2.14. The first-order valence-corrected chi connectivity index (χ1v) is 6.35. The third kappa shape index (κ3) is 2.92. The molecule has 1 atom stereocenters. The van der Waals surface area contributed by atoms with E-state index in [1.54, 1.807) is 12.5 Å². The van der Waals surface area contributed by atoms with E-state index < -0.39 is 0 Å². The summed E-state index contributed by atoms with van der Waals surface area (Å²) >= 11 is 0. The predicted octanol–water partition coefficient (Wildman–Crippen LogP) is 1.59. The van der Waals surface area contributed by atoms with E-state index in [4.69, 9.17) is 0 Å². The first kappa shape index (κ1) is 12.7. The molecule has 0 aliphatic carbocycles. The Morgan fingerprint density at radius 1 is 1.39 bits per heavy atom. The lowest BCUT2D eigenvalue weighted by molar-refractivity contribution is 0.508. The number of hydrogen-bond acceptors (Lipinski definition) is 4. The molecule has 5 heteroatoms. The van der Waals surface area contributed by atoms with Gasteiger partial charge in [0.05, 0.1) is 0 Å². The predicted molar refractivity (Wildman–Crippen MR) is 70.1 cm³/mol. The summed E-state index contributed by atoms with van der Waals surface area (Å²) < 4.78 is 1.93. The van der Waals surface area contributed by atoms with Crippen LogP contribution >= 0.6 is 0 Å². The van der Waals surface area contributed by atoms with Gasteiger partial charge in [0.2, 0.25) is 0 Å². The molecule has 2 rings (SSSR count). The standard InChI is InChI=1S/C13H19N5/c1-3-15-12(11-6-5-7-14-9-11)8-13-16-10-17-18(13)4-2/h5-7,9-10,12,15H,3-4,8H2,1-2H3. The molecule has 2 aromatic heterocycles. The van der Waals surface area contributed by atoms with Crippen molar-refractivity contribution in [2.75, 3.05) is 6.54 Å². The summed E-state index contributed by atoms with van der Waals surface area (Å²) in [7, 11) is 0. The van der Waals surface area contributed by atoms with E-state index in [-0.39, 0.29) is 6.04 Å². The highest BCUT2D eigenvalue weighted by molar-refractivity contribution is 5.15. The average molecular weight is 245 g/mol. The highest BCUT2D eigenvalue weighted by atomic mass is 15.3. The van der Waals surface area contributed by atoms with Crippen LogP contribution in [0.1, 0.15) is 31.3 Å². The van der Waals surface area contributed by atoms with Gasteiger partial charge in [-0.3, -0.25) is 9.67 Å². The van der Waals surface area contributed by atoms with Crippen LogP contribution in [0.3, 0.4) is 0 Å². The van der Waals surface area contributed by atoms with Crippen LogP contribution in [-0.4, -0.2) is 26.3 Å². The maximum atomic E-state index is 4.33. The average Bonchev–Trinajstić information content (AvgIpc) is 2.86. The Morgan fingerprint density at radius 2 is 2.28 bits per heavy atom. The third-order valence-corrected chi connectivity index (χ3v) is 2.92. The molecule has 2 aromatic rings. The van der Waals surface area contributed by atoms with Crippen molar-refractivity contribution in [1.29, 1.82) is 0 Å². The zero-order valence-electron chi connectivity index (χ0n) is 10.9. The minimum Gasteiger partial charge on any atom is -0.310 e. The SMILES string of the molecule is CCNC(Cc1ncnn1CC)c1cccnc1. The molecule has 0 saturated carbocycles. The molecule has 0 aliphatic heterocycles. The number of pyridine rings is 1. The lowest BCUT2D eigenvalue weighted by atomic mass is 10.1. The van der Waals surface area contributed by atoms with Gasteiger partial charge in [-0.15, -0.1) is 0 Å². The summed E-state index contributed by atoms with van der Waals surface area (Å²) in [5.41, 5.74) is 1.19. The van der Waals surface area contributed by atoms with E-state index in [9.17, 15) is 0 Å². The van der Waals surface area contributed by atoms with Crippen LogP contribution < -0.4 is 5.32 Å². The van der Waals surface area contributed by atoms with Crippen molar-refractivity contribution in [2.24, 2.45) is 0 Å². The van der Waals surface area contributed by atoms with Gasteiger partial charge in [-0.25, -0.2) is 4.98 Å². The van der Waals surface area contributed by atoms with E-state index >= 15 is 0 Å². The maximum Gasteiger partial charge on any atom is 0.138 e.